The number of nitriles is 1. The van der Waals surface area contributed by atoms with Gasteiger partial charge < -0.3 is 10.1 Å². The van der Waals surface area contributed by atoms with Crippen molar-refractivity contribution >= 4 is 41.2 Å². The molecule has 1 saturated heterocycles. The molecule has 0 amide bonds. The summed E-state index contributed by atoms with van der Waals surface area (Å²) in [5, 5.41) is 13.7. The van der Waals surface area contributed by atoms with E-state index in [2.05, 4.69) is 38.7 Å². The highest BCUT2D eigenvalue weighted by atomic mass is 127. The Morgan fingerprint density at radius 1 is 1.47 bits per heavy atom. The maximum atomic E-state index is 9.26. The number of nitrogens with one attached hydrogen (secondary N) is 1. The first-order valence-electron chi connectivity index (χ1n) is 6.00. The van der Waals surface area contributed by atoms with Crippen LogP contribution in [0.3, 0.4) is 0 Å². The zero-order valence-electron chi connectivity index (χ0n) is 10.1. The van der Waals surface area contributed by atoms with Crippen LogP contribution in [-0.2, 0) is 4.74 Å². The number of morpholine rings is 1. The first-order chi connectivity index (χ1) is 9.35. The average molecular weight is 385 g/mol. The van der Waals surface area contributed by atoms with Crippen molar-refractivity contribution in [2.45, 2.75) is 6.10 Å². The lowest BCUT2D eigenvalue weighted by molar-refractivity contribution is 0.0286. The summed E-state index contributed by atoms with van der Waals surface area (Å²) in [6.07, 6.45) is 2.07. The van der Waals surface area contributed by atoms with Crippen molar-refractivity contribution in [2.24, 2.45) is 0 Å². The number of fused-ring (bicyclic) bond motifs is 1. The van der Waals surface area contributed by atoms with E-state index in [-0.39, 0.29) is 6.10 Å². The summed E-state index contributed by atoms with van der Waals surface area (Å²) >= 11 is 2.22. The smallest absolute Gasteiger partial charge is 0.101 e. The van der Waals surface area contributed by atoms with E-state index in [0.29, 0.717) is 5.56 Å². The Kier molecular flexibility index (Phi) is 3.98. The molecule has 1 aromatic heterocycles. The second-order valence-electron chi connectivity index (χ2n) is 4.35. The maximum absolute atomic E-state index is 9.26. The van der Waals surface area contributed by atoms with Gasteiger partial charge in [0.15, 0.2) is 0 Å². The lowest BCUT2D eigenvalue weighted by Crippen LogP contribution is -2.33. The van der Waals surface area contributed by atoms with E-state index in [0.717, 1.165) is 36.2 Å². The molecule has 0 spiro atoms. The number of hydrogen-bond donors (Lipinski definition) is 1. The van der Waals surface area contributed by atoms with Crippen LogP contribution in [0.1, 0.15) is 17.2 Å². The minimum Gasteiger partial charge on any atom is -0.371 e. The quantitative estimate of drug-likeness (QED) is 0.808. The molecule has 0 bridgehead atoms. The molecule has 2 heterocycles. The molecule has 98 valence electrons. The minimum absolute atomic E-state index is 0.0686. The molecule has 2 aromatic rings. The van der Waals surface area contributed by atoms with Crippen molar-refractivity contribution in [3.05, 3.63) is 35.5 Å². The van der Waals surface area contributed by atoms with E-state index in [1.807, 2.05) is 22.3 Å². The molecule has 0 radical (unpaired) electrons. The van der Waals surface area contributed by atoms with Gasteiger partial charge in [0.2, 0.25) is 0 Å². The van der Waals surface area contributed by atoms with Crippen molar-refractivity contribution in [2.75, 3.05) is 19.7 Å². The maximum Gasteiger partial charge on any atom is 0.101 e. The first-order valence-corrected chi connectivity index (χ1v) is 9.32. The normalized spacial score (nSPS) is 19.5. The van der Waals surface area contributed by atoms with E-state index in [1.165, 1.54) is 0 Å². The summed E-state index contributed by atoms with van der Waals surface area (Å²) < 4.78 is 7.85. The highest BCUT2D eigenvalue weighted by Gasteiger charge is 2.20. The third-order valence-corrected chi connectivity index (χ3v) is 5.04. The molecule has 0 saturated carbocycles. The van der Waals surface area contributed by atoms with Crippen LogP contribution < -0.4 is 5.32 Å². The van der Waals surface area contributed by atoms with Crippen LogP contribution in [0.4, 0.5) is 0 Å². The summed E-state index contributed by atoms with van der Waals surface area (Å²) in [6, 6.07) is 8.23. The van der Waals surface area contributed by atoms with Crippen molar-refractivity contribution in [3.63, 3.8) is 0 Å². The largest absolute Gasteiger partial charge is 0.371 e. The first kappa shape index (κ1) is 13.2. The Balaban J connectivity index is 2.16. The Bertz CT molecular complexity index is 643. The molecule has 1 aromatic carbocycles. The van der Waals surface area contributed by atoms with Crippen molar-refractivity contribution in [1.29, 1.82) is 5.26 Å². The van der Waals surface area contributed by atoms with Gasteiger partial charge in [0, 0.05) is 55.0 Å². The van der Waals surface area contributed by atoms with E-state index in [4.69, 9.17) is 4.74 Å². The molecular weight excluding hydrogens is 373 g/mol. The molecule has 1 aliphatic heterocycles. The number of hydrogen-bond acceptors (Lipinski definition) is 4. The predicted octanol–water partition coefficient (Wildman–Crippen LogP) is 3.02. The molecule has 6 heteroatoms. The summed E-state index contributed by atoms with van der Waals surface area (Å²) in [7, 11) is 1.57. The van der Waals surface area contributed by atoms with Gasteiger partial charge in [-0.05, 0) is 17.7 Å². The molecule has 0 aliphatic carbocycles. The Morgan fingerprint density at radius 2 is 2.37 bits per heavy atom. The fourth-order valence-corrected chi connectivity index (χ4v) is 3.80. The lowest BCUT2D eigenvalue weighted by Gasteiger charge is -2.24. The monoisotopic (exact) mass is 385 g/mol. The lowest BCUT2D eigenvalue weighted by atomic mass is 10.0. The van der Waals surface area contributed by atoms with Gasteiger partial charge in [-0.15, -0.1) is 0 Å². The summed E-state index contributed by atoms with van der Waals surface area (Å²) in [4.78, 5) is 0. The van der Waals surface area contributed by atoms with Gasteiger partial charge in [0.1, 0.15) is 6.07 Å². The number of halogens is 1. The number of nitrogens with zero attached hydrogens (tertiary/aromatic N) is 2. The van der Waals surface area contributed by atoms with Crippen LogP contribution in [0, 0.1) is 11.3 Å². The van der Waals surface area contributed by atoms with Crippen molar-refractivity contribution in [1.82, 2.24) is 9.29 Å². The standard InChI is InChI=1S/C13H12IN3OS/c14-19-17-5-3-11-10(12-8-16-4-6-18-12)2-1-9(7-15)13(11)17/h1-3,5,12,16H,4,6,8H2. The topological polar surface area (TPSA) is 50.0 Å². The average Bonchev–Trinajstić information content (AvgIpc) is 2.91. The zero-order chi connectivity index (χ0) is 13.2. The number of aromatic nitrogens is 1. The Morgan fingerprint density at radius 3 is 3.05 bits per heavy atom. The van der Waals surface area contributed by atoms with E-state index < -0.39 is 0 Å². The molecule has 3 rings (SSSR count). The molecule has 19 heavy (non-hydrogen) atoms. The Hall–Kier alpha value is -0.750. The summed E-state index contributed by atoms with van der Waals surface area (Å²) in [5.74, 6) is 0. The minimum atomic E-state index is 0.0686. The highest BCUT2D eigenvalue weighted by Crippen LogP contribution is 2.33. The van der Waals surface area contributed by atoms with Crippen LogP contribution in [0.2, 0.25) is 0 Å². The van der Waals surface area contributed by atoms with Crippen molar-refractivity contribution < 1.29 is 4.74 Å². The van der Waals surface area contributed by atoms with Gasteiger partial charge in [-0.1, -0.05) is 6.07 Å². The molecule has 1 aliphatic rings. The number of benzene rings is 1. The second kappa shape index (κ2) is 5.71. The van der Waals surface area contributed by atoms with Crippen LogP contribution in [0.5, 0.6) is 0 Å². The van der Waals surface area contributed by atoms with Gasteiger partial charge in [-0.3, -0.25) is 3.97 Å². The van der Waals surface area contributed by atoms with Gasteiger partial charge in [0.05, 0.1) is 23.8 Å². The molecular formula is C13H12IN3OS. The predicted molar refractivity (Wildman–Crippen MR) is 85.2 cm³/mol. The SMILES string of the molecule is N#Cc1ccc(C2CNCCO2)c2ccn(SI)c12. The van der Waals surface area contributed by atoms with Crippen LogP contribution in [0.25, 0.3) is 10.9 Å². The summed E-state index contributed by atoms with van der Waals surface area (Å²) in [6.45, 7) is 2.46. The molecule has 1 unspecified atom stereocenters. The molecule has 1 fully saturated rings. The van der Waals surface area contributed by atoms with E-state index >= 15 is 0 Å². The molecule has 4 nitrogen and oxygen atoms in total. The highest BCUT2D eigenvalue weighted by molar-refractivity contribution is 14.2. The van der Waals surface area contributed by atoms with Gasteiger partial charge >= 0.3 is 0 Å². The van der Waals surface area contributed by atoms with Crippen LogP contribution >= 0.6 is 30.3 Å². The van der Waals surface area contributed by atoms with Gasteiger partial charge in [0.25, 0.3) is 0 Å². The summed E-state index contributed by atoms with van der Waals surface area (Å²) in [5.41, 5.74) is 2.84. The van der Waals surface area contributed by atoms with Crippen LogP contribution in [0.15, 0.2) is 24.4 Å². The number of ether oxygens (including phenoxy) is 1. The fourth-order valence-electron chi connectivity index (χ4n) is 2.45. The molecule has 1 atom stereocenters. The van der Waals surface area contributed by atoms with Gasteiger partial charge in [-0.25, -0.2) is 0 Å². The third-order valence-electron chi connectivity index (χ3n) is 3.32. The second-order valence-corrected chi connectivity index (χ2v) is 6.06. The van der Waals surface area contributed by atoms with Crippen molar-refractivity contribution in [3.8, 4) is 6.07 Å². The van der Waals surface area contributed by atoms with Crippen LogP contribution in [-0.4, -0.2) is 23.7 Å². The van der Waals surface area contributed by atoms with E-state index in [9.17, 15) is 5.26 Å². The van der Waals surface area contributed by atoms with E-state index in [1.54, 1.807) is 9.12 Å². The molecule has 1 N–H and O–H groups in total. The van der Waals surface area contributed by atoms with Gasteiger partial charge in [-0.2, -0.15) is 5.26 Å². The third kappa shape index (κ3) is 2.36. The fraction of sp³-hybridized carbons (Fsp3) is 0.308. The zero-order valence-corrected chi connectivity index (χ0v) is 13.1. The Labute approximate surface area is 127 Å². The number of rotatable bonds is 2.